The van der Waals surface area contributed by atoms with Crippen molar-refractivity contribution in [2.24, 2.45) is 0 Å². The zero-order valence-electron chi connectivity index (χ0n) is 17.9. The minimum absolute atomic E-state index is 1.09. The number of fused-ring (bicyclic) bond motifs is 3. The molecule has 7 aromatic rings. The highest BCUT2D eigenvalue weighted by molar-refractivity contribution is 6.20. The maximum Gasteiger partial charge on any atom is 0.0699 e. The van der Waals surface area contributed by atoms with Gasteiger partial charge in [0, 0.05) is 39.7 Å². The maximum absolute atomic E-state index is 3.80. The summed E-state index contributed by atoms with van der Waals surface area (Å²) in [5.74, 6) is 0. The van der Waals surface area contributed by atoms with Crippen LogP contribution in [0.1, 0.15) is 0 Å². The van der Waals surface area contributed by atoms with Gasteiger partial charge in [0.05, 0.1) is 22.4 Å². The van der Waals surface area contributed by atoms with E-state index in [-0.39, 0.29) is 0 Å². The van der Waals surface area contributed by atoms with Gasteiger partial charge in [0.1, 0.15) is 0 Å². The molecule has 33 heavy (non-hydrogen) atoms. The van der Waals surface area contributed by atoms with Crippen LogP contribution >= 0.6 is 0 Å². The number of H-pyrrole nitrogens is 3. The van der Waals surface area contributed by atoms with E-state index in [1.807, 2.05) is 6.20 Å². The smallest absolute Gasteiger partial charge is 0.0699 e. The quantitative estimate of drug-likeness (QED) is 0.257. The number of aromatic nitrogens is 3. The molecule has 0 aliphatic carbocycles. The van der Waals surface area contributed by atoms with E-state index < -0.39 is 0 Å². The first kappa shape index (κ1) is 18.1. The molecular formula is C30H21N3. The van der Waals surface area contributed by atoms with Crippen LogP contribution in [0.4, 0.5) is 0 Å². The molecule has 0 saturated heterocycles. The van der Waals surface area contributed by atoms with Gasteiger partial charge >= 0.3 is 0 Å². The predicted octanol–water partition coefficient (Wildman–Crippen LogP) is 8.13. The van der Waals surface area contributed by atoms with Gasteiger partial charge in [0.15, 0.2) is 0 Å². The molecule has 4 aromatic carbocycles. The number of nitrogens with one attached hydrogen (secondary N) is 3. The third-order valence-electron chi connectivity index (χ3n) is 6.60. The number of benzene rings is 4. The van der Waals surface area contributed by atoms with Gasteiger partial charge in [-0.15, -0.1) is 0 Å². The number of rotatable bonds is 3. The summed E-state index contributed by atoms with van der Waals surface area (Å²) in [6.45, 7) is 0. The van der Waals surface area contributed by atoms with Crippen molar-refractivity contribution in [1.82, 2.24) is 15.0 Å². The van der Waals surface area contributed by atoms with E-state index in [9.17, 15) is 0 Å². The summed E-state index contributed by atoms with van der Waals surface area (Å²) in [5, 5.41) is 4.86. The Bertz CT molecular complexity index is 1660. The molecule has 0 spiro atoms. The second-order valence-corrected chi connectivity index (χ2v) is 8.47. The molecule has 0 bridgehead atoms. The first-order valence-corrected chi connectivity index (χ1v) is 11.2. The van der Waals surface area contributed by atoms with E-state index in [1.54, 1.807) is 0 Å². The van der Waals surface area contributed by atoms with E-state index in [0.29, 0.717) is 0 Å². The van der Waals surface area contributed by atoms with Gasteiger partial charge < -0.3 is 15.0 Å². The Hall–Kier alpha value is -4.50. The summed E-state index contributed by atoms with van der Waals surface area (Å²) in [6.07, 6.45) is 4.12. The normalized spacial score (nSPS) is 11.6. The van der Waals surface area contributed by atoms with E-state index in [1.165, 1.54) is 43.8 Å². The number of hydrogen-bond acceptors (Lipinski definition) is 0. The number of aromatic amines is 3. The molecule has 7 rings (SSSR count). The lowest BCUT2D eigenvalue weighted by molar-refractivity contribution is 1.36. The zero-order valence-corrected chi connectivity index (χ0v) is 17.9. The second-order valence-electron chi connectivity index (χ2n) is 8.47. The standard InChI is InChI=1S/C30H21N3/c1-3-9-19(10-4-1)26-23-15-16-31-29(23)27(20-11-5-2-6-12-20)24-17-25(33-30(24)26)28-22-14-8-7-13-21(22)18-32-28/h1-18,31-33H. The molecule has 0 amide bonds. The Balaban J connectivity index is 1.63. The lowest BCUT2D eigenvalue weighted by Crippen LogP contribution is -1.88. The molecule has 0 saturated carbocycles. The molecule has 3 N–H and O–H groups in total. The van der Waals surface area contributed by atoms with Crippen molar-refractivity contribution in [3.8, 4) is 33.6 Å². The lowest BCUT2D eigenvalue weighted by Gasteiger charge is -2.12. The van der Waals surface area contributed by atoms with Crippen LogP contribution in [0.2, 0.25) is 0 Å². The van der Waals surface area contributed by atoms with Gasteiger partial charge in [-0.1, -0.05) is 84.9 Å². The summed E-state index contributed by atoms with van der Waals surface area (Å²) in [7, 11) is 0. The second kappa shape index (κ2) is 7.01. The van der Waals surface area contributed by atoms with Crippen LogP contribution in [-0.4, -0.2) is 15.0 Å². The summed E-state index contributed by atoms with van der Waals surface area (Å²) in [4.78, 5) is 10.9. The van der Waals surface area contributed by atoms with Crippen molar-refractivity contribution in [2.45, 2.75) is 0 Å². The minimum atomic E-state index is 1.09. The summed E-state index contributed by atoms with van der Waals surface area (Å²) >= 11 is 0. The van der Waals surface area contributed by atoms with E-state index in [4.69, 9.17) is 0 Å². The van der Waals surface area contributed by atoms with Gasteiger partial charge in [0.25, 0.3) is 0 Å². The first-order valence-electron chi connectivity index (χ1n) is 11.2. The van der Waals surface area contributed by atoms with E-state index in [0.717, 1.165) is 22.4 Å². The van der Waals surface area contributed by atoms with Gasteiger partial charge in [-0.3, -0.25) is 0 Å². The summed E-state index contributed by atoms with van der Waals surface area (Å²) in [6, 6.07) is 34.3. The van der Waals surface area contributed by atoms with E-state index >= 15 is 0 Å². The highest BCUT2D eigenvalue weighted by atomic mass is 14.8. The highest BCUT2D eigenvalue weighted by Crippen LogP contribution is 2.44. The van der Waals surface area contributed by atoms with Crippen molar-refractivity contribution in [2.75, 3.05) is 0 Å². The Morgan fingerprint density at radius 3 is 1.94 bits per heavy atom. The average Bonchev–Trinajstić information content (AvgIpc) is 3.61. The molecule has 3 heteroatoms. The van der Waals surface area contributed by atoms with Gasteiger partial charge in [-0.2, -0.15) is 0 Å². The van der Waals surface area contributed by atoms with Crippen LogP contribution in [0.5, 0.6) is 0 Å². The zero-order chi connectivity index (χ0) is 21.8. The molecule has 156 valence electrons. The van der Waals surface area contributed by atoms with Crippen molar-refractivity contribution in [3.05, 3.63) is 109 Å². The Kier molecular flexibility index (Phi) is 3.84. The molecule has 0 fully saturated rings. The van der Waals surface area contributed by atoms with Crippen LogP contribution in [0.3, 0.4) is 0 Å². The van der Waals surface area contributed by atoms with Gasteiger partial charge in [-0.25, -0.2) is 0 Å². The SMILES string of the molecule is c1ccc(-c2c3cc(-c4[nH]cc5ccccc45)[nH]c3c(-c3ccccc3)c3cc[nH]c23)cc1. The summed E-state index contributed by atoms with van der Waals surface area (Å²) < 4.78 is 0. The third-order valence-corrected chi connectivity index (χ3v) is 6.60. The lowest BCUT2D eigenvalue weighted by atomic mass is 9.92. The largest absolute Gasteiger partial charge is 0.361 e. The third kappa shape index (κ3) is 2.69. The molecule has 3 aromatic heterocycles. The monoisotopic (exact) mass is 423 g/mol. The van der Waals surface area contributed by atoms with Crippen molar-refractivity contribution < 1.29 is 0 Å². The fraction of sp³-hybridized carbons (Fsp3) is 0. The predicted molar refractivity (Wildman–Crippen MR) is 138 cm³/mol. The molecule has 0 atom stereocenters. The van der Waals surface area contributed by atoms with Crippen LogP contribution in [0.15, 0.2) is 109 Å². The molecular weight excluding hydrogens is 402 g/mol. The Labute approximate surface area is 190 Å². The van der Waals surface area contributed by atoms with Gasteiger partial charge in [0.2, 0.25) is 0 Å². The van der Waals surface area contributed by atoms with E-state index in [2.05, 4.69) is 118 Å². The fourth-order valence-electron chi connectivity index (χ4n) is 5.15. The van der Waals surface area contributed by atoms with Crippen LogP contribution in [-0.2, 0) is 0 Å². The molecule has 3 nitrogen and oxygen atoms in total. The first-order chi connectivity index (χ1) is 16.4. The molecule has 0 unspecified atom stereocenters. The topological polar surface area (TPSA) is 47.4 Å². The molecule has 0 radical (unpaired) electrons. The van der Waals surface area contributed by atoms with Crippen LogP contribution in [0, 0.1) is 0 Å². The minimum Gasteiger partial charge on any atom is -0.361 e. The number of hydrogen-bond donors (Lipinski definition) is 3. The van der Waals surface area contributed by atoms with Crippen molar-refractivity contribution in [1.29, 1.82) is 0 Å². The maximum atomic E-state index is 3.80. The fourth-order valence-corrected chi connectivity index (χ4v) is 5.15. The van der Waals surface area contributed by atoms with Crippen molar-refractivity contribution >= 4 is 32.6 Å². The average molecular weight is 424 g/mol. The summed E-state index contributed by atoms with van der Waals surface area (Å²) in [5.41, 5.74) is 9.38. The van der Waals surface area contributed by atoms with Gasteiger partial charge in [-0.05, 0) is 28.6 Å². The molecule has 0 aliphatic rings. The molecule has 0 aliphatic heterocycles. The highest BCUT2D eigenvalue weighted by Gasteiger charge is 2.20. The van der Waals surface area contributed by atoms with Crippen molar-refractivity contribution in [3.63, 3.8) is 0 Å². The Morgan fingerprint density at radius 1 is 0.515 bits per heavy atom. The van der Waals surface area contributed by atoms with Crippen LogP contribution in [0.25, 0.3) is 66.2 Å². The Morgan fingerprint density at radius 2 is 1.18 bits per heavy atom. The molecule has 3 heterocycles. The van der Waals surface area contributed by atoms with Crippen LogP contribution < -0.4 is 0 Å².